The van der Waals surface area contributed by atoms with Crippen LogP contribution in [0.1, 0.15) is 20.1 Å². The van der Waals surface area contributed by atoms with E-state index in [-0.39, 0.29) is 5.91 Å². The van der Waals surface area contributed by atoms with E-state index >= 15 is 0 Å². The van der Waals surface area contributed by atoms with Crippen molar-refractivity contribution in [1.29, 1.82) is 0 Å². The first-order valence-electron chi connectivity index (χ1n) is 6.23. The maximum absolute atomic E-state index is 12.2. The van der Waals surface area contributed by atoms with Gasteiger partial charge in [-0.2, -0.15) is 0 Å². The van der Waals surface area contributed by atoms with Crippen molar-refractivity contribution < 1.29 is 4.79 Å². The van der Waals surface area contributed by atoms with Crippen molar-refractivity contribution in [3.05, 3.63) is 51.7 Å². The molecule has 2 aromatic rings. The van der Waals surface area contributed by atoms with Gasteiger partial charge in [0.05, 0.1) is 4.88 Å². The Bertz CT molecular complexity index is 543. The molecule has 19 heavy (non-hydrogen) atoms. The van der Waals surface area contributed by atoms with Crippen molar-refractivity contribution in [3.8, 4) is 0 Å². The zero-order valence-electron chi connectivity index (χ0n) is 11.2. The molecular weight excluding hydrogens is 256 g/mol. The lowest BCUT2D eigenvalue weighted by atomic mass is 10.1. The van der Waals surface area contributed by atoms with Gasteiger partial charge in [-0.25, -0.2) is 0 Å². The maximum Gasteiger partial charge on any atom is 0.263 e. The summed E-state index contributed by atoms with van der Waals surface area (Å²) in [4.78, 5) is 15.7. The number of anilines is 1. The minimum Gasteiger partial charge on any atom is -0.398 e. The number of hydrogen-bond donors (Lipinski definition) is 1. The number of thiophene rings is 1. The summed E-state index contributed by atoms with van der Waals surface area (Å²) in [5.41, 5.74) is 7.72. The highest BCUT2D eigenvalue weighted by molar-refractivity contribution is 7.14. The van der Waals surface area contributed by atoms with E-state index in [1.165, 1.54) is 16.9 Å². The molecule has 0 unspecified atom stereocenters. The standard InChI is InChI=1S/C15H18N2OS/c1-11-13(16)10-14(19-11)15(18)17(2)9-8-12-6-4-3-5-7-12/h3-7,10H,8-9,16H2,1-2H3. The van der Waals surface area contributed by atoms with Crippen molar-refractivity contribution in [2.45, 2.75) is 13.3 Å². The van der Waals surface area contributed by atoms with Gasteiger partial charge in [0.25, 0.3) is 5.91 Å². The van der Waals surface area contributed by atoms with Gasteiger partial charge in [-0.15, -0.1) is 11.3 Å². The summed E-state index contributed by atoms with van der Waals surface area (Å²) in [6, 6.07) is 11.9. The molecule has 1 heterocycles. The summed E-state index contributed by atoms with van der Waals surface area (Å²) < 4.78 is 0. The molecule has 4 heteroatoms. The monoisotopic (exact) mass is 274 g/mol. The van der Waals surface area contributed by atoms with E-state index in [9.17, 15) is 4.79 Å². The molecular formula is C15H18N2OS. The molecule has 0 bridgehead atoms. The van der Waals surface area contributed by atoms with Crippen LogP contribution >= 0.6 is 11.3 Å². The normalized spacial score (nSPS) is 10.4. The van der Waals surface area contributed by atoms with E-state index in [2.05, 4.69) is 12.1 Å². The van der Waals surface area contributed by atoms with Crippen LogP contribution in [0.4, 0.5) is 5.69 Å². The largest absolute Gasteiger partial charge is 0.398 e. The molecule has 1 amide bonds. The Hall–Kier alpha value is -1.81. The van der Waals surface area contributed by atoms with Gasteiger partial charge in [0.1, 0.15) is 0 Å². The number of benzene rings is 1. The molecule has 3 nitrogen and oxygen atoms in total. The third kappa shape index (κ3) is 3.35. The highest BCUT2D eigenvalue weighted by Crippen LogP contribution is 2.24. The van der Waals surface area contributed by atoms with Crippen LogP contribution < -0.4 is 5.73 Å². The number of aryl methyl sites for hydroxylation is 1. The molecule has 2 rings (SSSR count). The SMILES string of the molecule is Cc1sc(C(=O)N(C)CCc2ccccc2)cc1N. The molecule has 0 aliphatic carbocycles. The lowest BCUT2D eigenvalue weighted by molar-refractivity contribution is 0.0801. The molecule has 0 saturated carbocycles. The van der Waals surface area contributed by atoms with Crippen molar-refractivity contribution in [1.82, 2.24) is 4.90 Å². The van der Waals surface area contributed by atoms with E-state index in [4.69, 9.17) is 5.73 Å². The first-order valence-corrected chi connectivity index (χ1v) is 7.05. The van der Waals surface area contributed by atoms with E-state index in [0.29, 0.717) is 17.1 Å². The highest BCUT2D eigenvalue weighted by Gasteiger charge is 2.15. The molecule has 0 aliphatic heterocycles. The Morgan fingerprint density at radius 2 is 2.00 bits per heavy atom. The van der Waals surface area contributed by atoms with Crippen molar-refractivity contribution in [2.24, 2.45) is 0 Å². The van der Waals surface area contributed by atoms with Crippen LogP contribution in [0.2, 0.25) is 0 Å². The number of nitrogen functional groups attached to an aromatic ring is 1. The van der Waals surface area contributed by atoms with E-state index in [1.54, 1.807) is 11.0 Å². The Morgan fingerprint density at radius 1 is 1.32 bits per heavy atom. The van der Waals surface area contributed by atoms with Crippen LogP contribution in [-0.2, 0) is 6.42 Å². The third-order valence-electron chi connectivity index (χ3n) is 3.09. The number of carbonyl (C=O) groups is 1. The number of likely N-dealkylation sites (N-methyl/N-ethyl adjacent to an activating group) is 1. The fourth-order valence-corrected chi connectivity index (χ4v) is 2.77. The topological polar surface area (TPSA) is 46.3 Å². The fourth-order valence-electron chi connectivity index (χ4n) is 1.83. The van der Waals surface area contributed by atoms with Gasteiger partial charge < -0.3 is 10.6 Å². The summed E-state index contributed by atoms with van der Waals surface area (Å²) in [6.45, 7) is 2.64. The van der Waals surface area contributed by atoms with Gasteiger partial charge in [0, 0.05) is 24.2 Å². The summed E-state index contributed by atoms with van der Waals surface area (Å²) in [5.74, 6) is 0.0423. The van der Waals surface area contributed by atoms with Gasteiger partial charge in [0.15, 0.2) is 0 Å². The second-order valence-corrected chi connectivity index (χ2v) is 5.84. The Morgan fingerprint density at radius 3 is 2.58 bits per heavy atom. The van der Waals surface area contributed by atoms with Crippen LogP contribution in [-0.4, -0.2) is 24.4 Å². The zero-order chi connectivity index (χ0) is 13.8. The van der Waals surface area contributed by atoms with Gasteiger partial charge in [-0.1, -0.05) is 30.3 Å². The average Bonchev–Trinajstić information content (AvgIpc) is 2.76. The first-order chi connectivity index (χ1) is 9.08. The number of amides is 1. The number of nitrogens with zero attached hydrogens (tertiary/aromatic N) is 1. The average molecular weight is 274 g/mol. The lowest BCUT2D eigenvalue weighted by Gasteiger charge is -2.16. The highest BCUT2D eigenvalue weighted by atomic mass is 32.1. The van der Waals surface area contributed by atoms with E-state index in [0.717, 1.165) is 11.3 Å². The number of hydrogen-bond acceptors (Lipinski definition) is 3. The molecule has 1 aromatic carbocycles. The summed E-state index contributed by atoms with van der Waals surface area (Å²) in [7, 11) is 1.83. The zero-order valence-corrected chi connectivity index (χ0v) is 12.0. The molecule has 1 aromatic heterocycles. The fraction of sp³-hybridized carbons (Fsp3) is 0.267. The maximum atomic E-state index is 12.2. The molecule has 0 aliphatic rings. The molecule has 2 N–H and O–H groups in total. The van der Waals surface area contributed by atoms with Crippen LogP contribution in [0.15, 0.2) is 36.4 Å². The van der Waals surface area contributed by atoms with Crippen LogP contribution in [0.25, 0.3) is 0 Å². The predicted molar refractivity (Wildman–Crippen MR) is 80.6 cm³/mol. The third-order valence-corrected chi connectivity index (χ3v) is 4.15. The number of carbonyl (C=O) groups excluding carboxylic acids is 1. The van der Waals surface area contributed by atoms with Gasteiger partial charge in [-0.05, 0) is 25.0 Å². The Balaban J connectivity index is 1.96. The molecule has 0 fully saturated rings. The minimum absolute atomic E-state index is 0.0423. The van der Waals surface area contributed by atoms with Crippen LogP contribution in [0.3, 0.4) is 0 Å². The molecule has 0 saturated heterocycles. The molecule has 0 spiro atoms. The number of rotatable bonds is 4. The van der Waals surface area contributed by atoms with Crippen molar-refractivity contribution >= 4 is 22.9 Å². The first kappa shape index (κ1) is 13.6. The second-order valence-electron chi connectivity index (χ2n) is 4.58. The van der Waals surface area contributed by atoms with Crippen molar-refractivity contribution in [3.63, 3.8) is 0 Å². The Kier molecular flexibility index (Phi) is 4.22. The summed E-state index contributed by atoms with van der Waals surface area (Å²) >= 11 is 1.46. The van der Waals surface area contributed by atoms with Gasteiger partial charge >= 0.3 is 0 Å². The second kappa shape index (κ2) is 5.89. The quantitative estimate of drug-likeness (QED) is 0.931. The van der Waals surface area contributed by atoms with Crippen LogP contribution in [0.5, 0.6) is 0 Å². The van der Waals surface area contributed by atoms with Crippen molar-refractivity contribution in [2.75, 3.05) is 19.3 Å². The van der Waals surface area contributed by atoms with E-state index < -0.39 is 0 Å². The summed E-state index contributed by atoms with van der Waals surface area (Å²) in [6.07, 6.45) is 0.864. The summed E-state index contributed by atoms with van der Waals surface area (Å²) in [5, 5.41) is 0. The van der Waals surface area contributed by atoms with Gasteiger partial charge in [-0.3, -0.25) is 4.79 Å². The smallest absolute Gasteiger partial charge is 0.263 e. The molecule has 0 atom stereocenters. The Labute approximate surface area is 117 Å². The van der Waals surface area contributed by atoms with Gasteiger partial charge in [0.2, 0.25) is 0 Å². The predicted octanol–water partition coefficient (Wildman–Crippen LogP) is 2.95. The van der Waals surface area contributed by atoms with Crippen LogP contribution in [0, 0.1) is 6.92 Å². The molecule has 100 valence electrons. The number of nitrogens with two attached hydrogens (primary N) is 1. The minimum atomic E-state index is 0.0423. The van der Waals surface area contributed by atoms with E-state index in [1.807, 2.05) is 32.2 Å². The molecule has 0 radical (unpaired) electrons. The lowest BCUT2D eigenvalue weighted by Crippen LogP contribution is -2.28.